The molecule has 3 aromatic rings. The fourth-order valence-electron chi connectivity index (χ4n) is 4.10. The second-order valence-corrected chi connectivity index (χ2v) is 8.06. The minimum Gasteiger partial charge on any atom is -0.489 e. The lowest BCUT2D eigenvalue weighted by Gasteiger charge is -2.25. The molecule has 0 aliphatic heterocycles. The van der Waals surface area contributed by atoms with Crippen LogP contribution in [-0.2, 0) is 19.4 Å². The van der Waals surface area contributed by atoms with Gasteiger partial charge in [-0.15, -0.1) is 0 Å². The average molecular weight is 388 g/mol. The number of aryl methyl sites for hydroxylation is 1. The van der Waals surface area contributed by atoms with Crippen molar-refractivity contribution in [3.05, 3.63) is 89.5 Å². The SMILES string of the molecule is CN(O)CC[C@@H]1CCc2cc(OCc3ccc(-c4ccccc4)cc3)ccc2C1. The predicted molar refractivity (Wildman–Crippen MR) is 117 cm³/mol. The Morgan fingerprint density at radius 2 is 1.69 bits per heavy atom. The Labute approximate surface area is 173 Å². The van der Waals surface area contributed by atoms with E-state index >= 15 is 0 Å². The quantitative estimate of drug-likeness (QED) is 0.524. The highest BCUT2D eigenvalue weighted by atomic mass is 16.5. The fraction of sp³-hybridized carbons (Fsp3) is 0.308. The zero-order valence-electron chi connectivity index (χ0n) is 17.1. The lowest BCUT2D eigenvalue weighted by Crippen LogP contribution is -2.21. The van der Waals surface area contributed by atoms with E-state index in [-0.39, 0.29) is 0 Å². The van der Waals surface area contributed by atoms with Gasteiger partial charge >= 0.3 is 0 Å². The molecule has 1 aliphatic carbocycles. The number of nitrogens with zero attached hydrogens (tertiary/aromatic N) is 1. The first-order valence-electron chi connectivity index (χ1n) is 10.5. The van der Waals surface area contributed by atoms with Crippen molar-refractivity contribution in [1.29, 1.82) is 0 Å². The second kappa shape index (κ2) is 9.25. The standard InChI is InChI=1S/C26H29NO2/c1-27(28)16-15-20-7-12-25-18-26(14-13-24(25)17-20)29-19-21-8-10-23(11-9-21)22-5-3-2-4-6-22/h2-6,8-11,13-14,18,20,28H,7,12,15-17,19H2,1H3/t20-/m0/s1. The average Bonchev–Trinajstić information content (AvgIpc) is 2.77. The highest BCUT2D eigenvalue weighted by molar-refractivity contribution is 5.63. The first-order valence-corrected chi connectivity index (χ1v) is 10.5. The van der Waals surface area contributed by atoms with E-state index in [1.165, 1.54) is 39.3 Å². The topological polar surface area (TPSA) is 32.7 Å². The van der Waals surface area contributed by atoms with Gasteiger partial charge in [-0.2, -0.15) is 5.06 Å². The number of benzene rings is 3. The molecule has 3 nitrogen and oxygen atoms in total. The van der Waals surface area contributed by atoms with Crippen LogP contribution in [-0.4, -0.2) is 23.9 Å². The van der Waals surface area contributed by atoms with Crippen LogP contribution >= 0.6 is 0 Å². The minimum atomic E-state index is 0.583. The van der Waals surface area contributed by atoms with Gasteiger partial charge < -0.3 is 9.94 Å². The summed E-state index contributed by atoms with van der Waals surface area (Å²) in [6.07, 6.45) is 4.43. The van der Waals surface area contributed by atoms with Crippen LogP contribution in [0, 0.1) is 5.92 Å². The molecule has 1 aliphatic rings. The smallest absolute Gasteiger partial charge is 0.120 e. The molecule has 0 radical (unpaired) electrons. The van der Waals surface area contributed by atoms with Crippen molar-refractivity contribution in [3.8, 4) is 16.9 Å². The molecule has 29 heavy (non-hydrogen) atoms. The second-order valence-electron chi connectivity index (χ2n) is 8.06. The summed E-state index contributed by atoms with van der Waals surface area (Å²) in [5.41, 5.74) is 6.48. The molecule has 3 aromatic carbocycles. The maximum absolute atomic E-state index is 9.36. The third-order valence-corrected chi connectivity index (χ3v) is 5.84. The van der Waals surface area contributed by atoms with Gasteiger partial charge in [-0.3, -0.25) is 0 Å². The highest BCUT2D eigenvalue weighted by Crippen LogP contribution is 2.30. The maximum atomic E-state index is 9.36. The Balaban J connectivity index is 1.34. The first kappa shape index (κ1) is 19.7. The molecule has 0 heterocycles. The summed E-state index contributed by atoms with van der Waals surface area (Å²) >= 11 is 0. The van der Waals surface area contributed by atoms with E-state index in [1.54, 1.807) is 7.05 Å². The number of fused-ring (bicyclic) bond motifs is 1. The van der Waals surface area contributed by atoms with Gasteiger partial charge in [0.25, 0.3) is 0 Å². The Kier molecular flexibility index (Phi) is 6.28. The summed E-state index contributed by atoms with van der Waals surface area (Å²) in [6.45, 7) is 1.32. The normalized spacial score (nSPS) is 15.9. The van der Waals surface area contributed by atoms with Crippen molar-refractivity contribution in [1.82, 2.24) is 5.06 Å². The van der Waals surface area contributed by atoms with Crippen LogP contribution in [0.5, 0.6) is 5.75 Å². The predicted octanol–water partition coefficient (Wildman–Crippen LogP) is 5.75. The zero-order chi connectivity index (χ0) is 20.1. The van der Waals surface area contributed by atoms with Gasteiger partial charge in [-0.1, -0.05) is 60.7 Å². The van der Waals surface area contributed by atoms with Crippen molar-refractivity contribution in [2.24, 2.45) is 5.92 Å². The van der Waals surface area contributed by atoms with Crippen molar-refractivity contribution in [2.45, 2.75) is 32.3 Å². The number of hydrogen-bond donors (Lipinski definition) is 1. The molecular formula is C26H29NO2. The summed E-state index contributed by atoms with van der Waals surface area (Å²) in [7, 11) is 1.72. The van der Waals surface area contributed by atoms with Gasteiger partial charge in [-0.05, 0) is 71.6 Å². The van der Waals surface area contributed by atoms with Crippen LogP contribution in [0.2, 0.25) is 0 Å². The van der Waals surface area contributed by atoms with Crippen LogP contribution in [0.4, 0.5) is 0 Å². The summed E-state index contributed by atoms with van der Waals surface area (Å²) in [5.74, 6) is 1.61. The van der Waals surface area contributed by atoms with Gasteiger partial charge in [-0.25, -0.2) is 0 Å². The van der Waals surface area contributed by atoms with E-state index in [4.69, 9.17) is 4.74 Å². The zero-order valence-corrected chi connectivity index (χ0v) is 17.1. The molecule has 0 bridgehead atoms. The summed E-state index contributed by atoms with van der Waals surface area (Å²) in [5, 5.41) is 10.6. The summed E-state index contributed by atoms with van der Waals surface area (Å²) in [6, 6.07) is 25.6. The third-order valence-electron chi connectivity index (χ3n) is 5.84. The van der Waals surface area contributed by atoms with E-state index in [0.717, 1.165) is 31.6 Å². The van der Waals surface area contributed by atoms with E-state index in [9.17, 15) is 5.21 Å². The lowest BCUT2D eigenvalue weighted by atomic mass is 9.82. The molecule has 3 heteroatoms. The molecule has 0 saturated heterocycles. The first-order chi connectivity index (χ1) is 14.2. The molecule has 0 aromatic heterocycles. The van der Waals surface area contributed by atoms with E-state index in [0.29, 0.717) is 12.5 Å². The van der Waals surface area contributed by atoms with Crippen LogP contribution in [0.3, 0.4) is 0 Å². The summed E-state index contributed by atoms with van der Waals surface area (Å²) in [4.78, 5) is 0. The van der Waals surface area contributed by atoms with E-state index in [2.05, 4.69) is 66.7 Å². The molecule has 0 spiro atoms. The van der Waals surface area contributed by atoms with Crippen LogP contribution in [0.15, 0.2) is 72.8 Å². The van der Waals surface area contributed by atoms with Crippen molar-refractivity contribution in [2.75, 3.05) is 13.6 Å². The van der Waals surface area contributed by atoms with Gasteiger partial charge in [0.2, 0.25) is 0 Å². The number of hydrogen-bond acceptors (Lipinski definition) is 3. The lowest BCUT2D eigenvalue weighted by molar-refractivity contribution is -0.0683. The minimum absolute atomic E-state index is 0.583. The van der Waals surface area contributed by atoms with Gasteiger partial charge in [0.15, 0.2) is 0 Å². The number of ether oxygens (including phenoxy) is 1. The Hall–Kier alpha value is -2.62. The largest absolute Gasteiger partial charge is 0.489 e. The van der Waals surface area contributed by atoms with Crippen molar-refractivity contribution in [3.63, 3.8) is 0 Å². The number of hydroxylamine groups is 2. The molecule has 0 saturated carbocycles. The maximum Gasteiger partial charge on any atom is 0.120 e. The molecule has 1 N–H and O–H groups in total. The third kappa shape index (κ3) is 5.26. The van der Waals surface area contributed by atoms with Crippen LogP contribution in [0.25, 0.3) is 11.1 Å². The summed E-state index contributed by atoms with van der Waals surface area (Å²) < 4.78 is 6.07. The monoisotopic (exact) mass is 387 g/mol. The Bertz CT molecular complexity index is 919. The van der Waals surface area contributed by atoms with Gasteiger partial charge in [0, 0.05) is 13.6 Å². The number of rotatable bonds is 7. The molecular weight excluding hydrogens is 358 g/mol. The molecule has 0 unspecified atom stereocenters. The van der Waals surface area contributed by atoms with E-state index in [1.807, 2.05) is 6.07 Å². The Morgan fingerprint density at radius 3 is 2.45 bits per heavy atom. The molecule has 4 rings (SSSR count). The van der Waals surface area contributed by atoms with Crippen LogP contribution in [0.1, 0.15) is 29.5 Å². The molecule has 0 fully saturated rings. The van der Waals surface area contributed by atoms with Gasteiger partial charge in [0.1, 0.15) is 12.4 Å². The van der Waals surface area contributed by atoms with Crippen molar-refractivity contribution >= 4 is 0 Å². The molecule has 150 valence electrons. The van der Waals surface area contributed by atoms with Gasteiger partial charge in [0.05, 0.1) is 0 Å². The Morgan fingerprint density at radius 1 is 0.931 bits per heavy atom. The fourth-order valence-corrected chi connectivity index (χ4v) is 4.10. The molecule has 0 amide bonds. The highest BCUT2D eigenvalue weighted by Gasteiger charge is 2.19. The van der Waals surface area contributed by atoms with Crippen LogP contribution < -0.4 is 4.74 Å². The van der Waals surface area contributed by atoms with Crippen molar-refractivity contribution < 1.29 is 9.94 Å². The van der Waals surface area contributed by atoms with E-state index < -0.39 is 0 Å². The molecule has 1 atom stereocenters.